The highest BCUT2D eigenvalue weighted by atomic mass is 35.5. The molecule has 1 saturated carbocycles. The zero-order valence-electron chi connectivity index (χ0n) is 7.56. The Morgan fingerprint density at radius 2 is 2.18 bits per heavy atom. The highest BCUT2D eigenvalue weighted by Crippen LogP contribution is 2.53. The molecule has 0 spiro atoms. The Bertz CT molecular complexity index is 132. The maximum Gasteiger partial charge on any atom is 0.0540 e. The summed E-state index contributed by atoms with van der Waals surface area (Å²) in [4.78, 5) is 0. The Hall–Kier alpha value is 0.250. The normalized spacial score (nSPS) is 36.3. The molecule has 2 heteroatoms. The van der Waals surface area contributed by atoms with Crippen molar-refractivity contribution in [2.75, 3.05) is 12.5 Å². The van der Waals surface area contributed by atoms with E-state index in [0.29, 0.717) is 11.5 Å². The second-order valence-corrected chi connectivity index (χ2v) is 4.23. The highest BCUT2D eigenvalue weighted by Gasteiger charge is 2.50. The van der Waals surface area contributed by atoms with E-state index in [1.165, 1.54) is 6.42 Å². The molecule has 0 bridgehead atoms. The Labute approximate surface area is 74.1 Å². The van der Waals surface area contributed by atoms with Crippen molar-refractivity contribution in [1.29, 1.82) is 0 Å². The van der Waals surface area contributed by atoms with E-state index >= 15 is 0 Å². The van der Waals surface area contributed by atoms with E-state index in [0.717, 1.165) is 18.4 Å². The fraction of sp³-hybridized carbons (Fsp3) is 1.00. The molecule has 1 rings (SSSR count). The lowest BCUT2D eigenvalue weighted by Gasteiger charge is -2.15. The van der Waals surface area contributed by atoms with Gasteiger partial charge in [0.05, 0.1) is 12.7 Å². The van der Waals surface area contributed by atoms with E-state index < -0.39 is 0 Å². The van der Waals surface area contributed by atoms with Crippen molar-refractivity contribution >= 4 is 11.6 Å². The first-order valence-corrected chi connectivity index (χ1v) is 4.82. The monoisotopic (exact) mass is 176 g/mol. The van der Waals surface area contributed by atoms with Crippen molar-refractivity contribution in [2.24, 2.45) is 11.3 Å². The number of halogens is 1. The standard InChI is InChI=1S/C9H17ClO/c1-7(2)11-6-9(5-10)4-8(9)3/h7-8H,4-6H2,1-3H3. The molecule has 0 saturated heterocycles. The Morgan fingerprint density at radius 1 is 1.64 bits per heavy atom. The van der Waals surface area contributed by atoms with Gasteiger partial charge in [-0.3, -0.25) is 0 Å². The summed E-state index contributed by atoms with van der Waals surface area (Å²) in [5, 5.41) is 0. The van der Waals surface area contributed by atoms with Crippen LogP contribution in [0.25, 0.3) is 0 Å². The summed E-state index contributed by atoms with van der Waals surface area (Å²) >= 11 is 5.85. The molecule has 0 aliphatic heterocycles. The number of rotatable bonds is 4. The average molecular weight is 177 g/mol. The number of ether oxygens (including phenoxy) is 1. The maximum absolute atomic E-state index is 5.85. The largest absolute Gasteiger partial charge is 0.378 e. The molecule has 11 heavy (non-hydrogen) atoms. The summed E-state index contributed by atoms with van der Waals surface area (Å²) in [6.07, 6.45) is 1.58. The zero-order chi connectivity index (χ0) is 8.48. The van der Waals surface area contributed by atoms with Gasteiger partial charge in [-0.25, -0.2) is 0 Å². The SMILES string of the molecule is CC(C)OCC1(CCl)CC1C. The van der Waals surface area contributed by atoms with Crippen LogP contribution in [0.3, 0.4) is 0 Å². The van der Waals surface area contributed by atoms with Gasteiger partial charge in [0.25, 0.3) is 0 Å². The summed E-state index contributed by atoms with van der Waals surface area (Å²) in [5.41, 5.74) is 0.325. The van der Waals surface area contributed by atoms with E-state index in [-0.39, 0.29) is 0 Å². The average Bonchev–Trinajstić information content (AvgIpc) is 2.59. The third-order valence-electron chi connectivity index (χ3n) is 2.57. The summed E-state index contributed by atoms with van der Waals surface area (Å²) in [6, 6.07) is 0. The molecule has 0 heterocycles. The molecule has 0 aromatic carbocycles. The van der Waals surface area contributed by atoms with Crippen LogP contribution in [0.5, 0.6) is 0 Å². The fourth-order valence-electron chi connectivity index (χ4n) is 1.31. The first-order valence-electron chi connectivity index (χ1n) is 4.28. The smallest absolute Gasteiger partial charge is 0.0540 e. The van der Waals surface area contributed by atoms with E-state index in [4.69, 9.17) is 16.3 Å². The van der Waals surface area contributed by atoms with E-state index in [1.807, 2.05) is 0 Å². The molecular formula is C9H17ClO. The van der Waals surface area contributed by atoms with Crippen LogP contribution in [0.2, 0.25) is 0 Å². The van der Waals surface area contributed by atoms with Crippen molar-refractivity contribution in [3.8, 4) is 0 Å². The van der Waals surface area contributed by atoms with Crippen molar-refractivity contribution in [3.63, 3.8) is 0 Å². The van der Waals surface area contributed by atoms with E-state index in [2.05, 4.69) is 20.8 Å². The van der Waals surface area contributed by atoms with Crippen LogP contribution in [0.15, 0.2) is 0 Å². The lowest BCUT2D eigenvalue weighted by molar-refractivity contribution is 0.0456. The molecule has 0 amide bonds. The fourth-order valence-corrected chi connectivity index (χ4v) is 1.76. The van der Waals surface area contributed by atoms with Crippen LogP contribution in [0, 0.1) is 11.3 Å². The summed E-state index contributed by atoms with van der Waals surface area (Å²) in [6.45, 7) is 7.21. The van der Waals surface area contributed by atoms with Gasteiger partial charge in [-0.2, -0.15) is 0 Å². The molecule has 1 fully saturated rings. The molecule has 0 aromatic heterocycles. The van der Waals surface area contributed by atoms with E-state index in [1.54, 1.807) is 0 Å². The van der Waals surface area contributed by atoms with Gasteiger partial charge in [0, 0.05) is 11.3 Å². The van der Waals surface area contributed by atoms with Crippen LogP contribution in [0.4, 0.5) is 0 Å². The summed E-state index contributed by atoms with van der Waals surface area (Å²) in [7, 11) is 0. The van der Waals surface area contributed by atoms with Crippen LogP contribution in [-0.2, 0) is 4.74 Å². The minimum Gasteiger partial charge on any atom is -0.378 e. The Balaban J connectivity index is 2.24. The quantitative estimate of drug-likeness (QED) is 0.599. The molecule has 2 atom stereocenters. The van der Waals surface area contributed by atoms with Crippen molar-refractivity contribution in [3.05, 3.63) is 0 Å². The molecule has 1 nitrogen and oxygen atoms in total. The van der Waals surface area contributed by atoms with Crippen molar-refractivity contribution < 1.29 is 4.74 Å². The third-order valence-corrected chi connectivity index (χ3v) is 3.10. The Morgan fingerprint density at radius 3 is 2.45 bits per heavy atom. The molecule has 0 N–H and O–H groups in total. The molecule has 0 radical (unpaired) electrons. The molecule has 0 aromatic rings. The number of hydrogen-bond donors (Lipinski definition) is 0. The number of hydrogen-bond acceptors (Lipinski definition) is 1. The van der Waals surface area contributed by atoms with Crippen molar-refractivity contribution in [1.82, 2.24) is 0 Å². The highest BCUT2D eigenvalue weighted by molar-refractivity contribution is 6.18. The topological polar surface area (TPSA) is 9.23 Å². The van der Waals surface area contributed by atoms with Gasteiger partial charge in [-0.05, 0) is 26.2 Å². The van der Waals surface area contributed by atoms with Crippen LogP contribution in [0.1, 0.15) is 27.2 Å². The predicted molar refractivity (Wildman–Crippen MR) is 48.0 cm³/mol. The summed E-state index contributed by atoms with van der Waals surface area (Å²) < 4.78 is 5.55. The summed E-state index contributed by atoms with van der Waals surface area (Å²) in [5.74, 6) is 1.51. The van der Waals surface area contributed by atoms with Gasteiger partial charge in [0.15, 0.2) is 0 Å². The second-order valence-electron chi connectivity index (χ2n) is 3.96. The van der Waals surface area contributed by atoms with Crippen LogP contribution < -0.4 is 0 Å². The zero-order valence-corrected chi connectivity index (χ0v) is 8.32. The first-order chi connectivity index (χ1) is 5.10. The van der Waals surface area contributed by atoms with Crippen LogP contribution >= 0.6 is 11.6 Å². The van der Waals surface area contributed by atoms with Crippen molar-refractivity contribution in [2.45, 2.75) is 33.3 Å². The number of alkyl halides is 1. The molecular weight excluding hydrogens is 160 g/mol. The molecule has 66 valence electrons. The van der Waals surface area contributed by atoms with Gasteiger partial charge in [0.1, 0.15) is 0 Å². The minimum atomic E-state index is 0.325. The Kier molecular flexibility index (Phi) is 2.82. The van der Waals surface area contributed by atoms with Gasteiger partial charge in [-0.15, -0.1) is 11.6 Å². The second kappa shape index (κ2) is 3.32. The molecule has 1 aliphatic rings. The first kappa shape index (κ1) is 9.34. The van der Waals surface area contributed by atoms with Crippen LogP contribution in [-0.4, -0.2) is 18.6 Å². The lowest BCUT2D eigenvalue weighted by atomic mass is 10.1. The van der Waals surface area contributed by atoms with Gasteiger partial charge >= 0.3 is 0 Å². The van der Waals surface area contributed by atoms with Gasteiger partial charge in [-0.1, -0.05) is 6.92 Å². The third kappa shape index (κ3) is 2.09. The molecule has 2 unspecified atom stereocenters. The predicted octanol–water partition coefficient (Wildman–Crippen LogP) is 2.68. The van der Waals surface area contributed by atoms with Gasteiger partial charge in [0.2, 0.25) is 0 Å². The molecule has 1 aliphatic carbocycles. The van der Waals surface area contributed by atoms with Gasteiger partial charge < -0.3 is 4.74 Å². The van der Waals surface area contributed by atoms with E-state index in [9.17, 15) is 0 Å². The maximum atomic E-state index is 5.85. The lowest BCUT2D eigenvalue weighted by Crippen LogP contribution is -2.17. The minimum absolute atomic E-state index is 0.325.